The van der Waals surface area contributed by atoms with Gasteiger partial charge in [0.25, 0.3) is 10.0 Å². The molecule has 0 bridgehead atoms. The van der Waals surface area contributed by atoms with Gasteiger partial charge in [0.15, 0.2) is 0 Å². The molecule has 1 heterocycles. The van der Waals surface area contributed by atoms with Crippen LogP contribution in [0.2, 0.25) is 0 Å². The van der Waals surface area contributed by atoms with Crippen LogP contribution in [0.25, 0.3) is 0 Å². The minimum absolute atomic E-state index is 0.150. The third-order valence-electron chi connectivity index (χ3n) is 4.15. The maximum Gasteiger partial charge on any atom is 0.274 e. The molecule has 1 aromatic heterocycles. The van der Waals surface area contributed by atoms with E-state index in [4.69, 9.17) is 0 Å². The number of nitrogens with one attached hydrogen (secondary N) is 1. The SMILES string of the molecule is CC(=O)NCc1ccc(S(=O)(=O)N(Cc2ccccc2)c2cccc(C)c2)s1. The van der Waals surface area contributed by atoms with Gasteiger partial charge in [-0.25, -0.2) is 8.42 Å². The van der Waals surface area contributed by atoms with Crippen molar-refractivity contribution in [3.8, 4) is 0 Å². The Balaban J connectivity index is 1.97. The van der Waals surface area contributed by atoms with Gasteiger partial charge in [0.2, 0.25) is 5.91 Å². The van der Waals surface area contributed by atoms with Crippen molar-refractivity contribution in [2.75, 3.05) is 4.31 Å². The predicted molar refractivity (Wildman–Crippen MR) is 113 cm³/mol. The first-order valence-electron chi connectivity index (χ1n) is 8.83. The quantitative estimate of drug-likeness (QED) is 0.633. The lowest BCUT2D eigenvalue weighted by Crippen LogP contribution is -2.30. The molecule has 0 aliphatic rings. The molecular formula is C21H22N2O3S2. The monoisotopic (exact) mass is 414 g/mol. The Kier molecular flexibility index (Phi) is 6.16. The summed E-state index contributed by atoms with van der Waals surface area (Å²) in [6.45, 7) is 3.93. The van der Waals surface area contributed by atoms with Crippen molar-refractivity contribution in [1.29, 1.82) is 0 Å². The van der Waals surface area contributed by atoms with Crippen LogP contribution in [0.3, 0.4) is 0 Å². The van der Waals surface area contributed by atoms with E-state index in [1.165, 1.54) is 22.6 Å². The second-order valence-corrected chi connectivity index (χ2v) is 9.72. The number of anilines is 1. The fourth-order valence-electron chi connectivity index (χ4n) is 2.76. The summed E-state index contributed by atoms with van der Waals surface area (Å²) in [6, 6.07) is 20.3. The summed E-state index contributed by atoms with van der Waals surface area (Å²) in [5, 5.41) is 2.70. The minimum atomic E-state index is -3.75. The number of nitrogens with zero attached hydrogens (tertiary/aromatic N) is 1. The number of amides is 1. The Morgan fingerprint density at radius 1 is 1.04 bits per heavy atom. The van der Waals surface area contributed by atoms with E-state index in [1.807, 2.05) is 55.5 Å². The van der Waals surface area contributed by atoms with Crippen molar-refractivity contribution in [1.82, 2.24) is 5.32 Å². The van der Waals surface area contributed by atoms with Gasteiger partial charge in [-0.3, -0.25) is 9.10 Å². The zero-order valence-electron chi connectivity index (χ0n) is 15.8. The third kappa shape index (κ3) is 4.79. The van der Waals surface area contributed by atoms with Crippen LogP contribution in [0.15, 0.2) is 70.9 Å². The van der Waals surface area contributed by atoms with Gasteiger partial charge in [-0.05, 0) is 42.3 Å². The molecule has 2 aromatic carbocycles. The Hall–Kier alpha value is -2.64. The molecule has 0 saturated carbocycles. The van der Waals surface area contributed by atoms with Crippen LogP contribution in [-0.2, 0) is 27.9 Å². The maximum absolute atomic E-state index is 13.4. The number of thiophene rings is 1. The van der Waals surface area contributed by atoms with Crippen LogP contribution in [0.5, 0.6) is 0 Å². The van der Waals surface area contributed by atoms with Crippen LogP contribution >= 0.6 is 11.3 Å². The number of sulfonamides is 1. The largest absolute Gasteiger partial charge is 0.351 e. The molecule has 28 heavy (non-hydrogen) atoms. The molecule has 5 nitrogen and oxygen atoms in total. The molecule has 0 saturated heterocycles. The number of rotatable bonds is 7. The van der Waals surface area contributed by atoms with Crippen LogP contribution in [0.4, 0.5) is 5.69 Å². The molecule has 3 rings (SSSR count). The van der Waals surface area contributed by atoms with E-state index in [1.54, 1.807) is 18.2 Å². The Bertz CT molecular complexity index is 1060. The second-order valence-electron chi connectivity index (χ2n) is 6.47. The average molecular weight is 415 g/mol. The van der Waals surface area contributed by atoms with Gasteiger partial charge in [-0.2, -0.15) is 0 Å². The zero-order valence-corrected chi connectivity index (χ0v) is 17.4. The number of carbonyl (C=O) groups is 1. The summed E-state index contributed by atoms with van der Waals surface area (Å²) in [4.78, 5) is 11.9. The highest BCUT2D eigenvalue weighted by Gasteiger charge is 2.27. The zero-order chi connectivity index (χ0) is 20.1. The average Bonchev–Trinajstić information content (AvgIpc) is 3.15. The fraction of sp³-hybridized carbons (Fsp3) is 0.190. The van der Waals surface area contributed by atoms with Gasteiger partial charge in [0.05, 0.1) is 18.8 Å². The molecule has 1 N–H and O–H groups in total. The molecule has 0 atom stereocenters. The van der Waals surface area contributed by atoms with E-state index >= 15 is 0 Å². The smallest absolute Gasteiger partial charge is 0.274 e. The van der Waals surface area contributed by atoms with Crippen LogP contribution in [-0.4, -0.2) is 14.3 Å². The highest BCUT2D eigenvalue weighted by molar-refractivity contribution is 7.94. The summed E-state index contributed by atoms with van der Waals surface area (Å²) in [5.41, 5.74) is 2.52. The summed E-state index contributed by atoms with van der Waals surface area (Å²) in [5.74, 6) is -0.150. The van der Waals surface area contributed by atoms with Gasteiger partial charge in [-0.1, -0.05) is 42.5 Å². The number of benzene rings is 2. The third-order valence-corrected chi connectivity index (χ3v) is 7.48. The molecular weight excluding hydrogens is 392 g/mol. The molecule has 0 radical (unpaired) electrons. The highest BCUT2D eigenvalue weighted by atomic mass is 32.2. The van der Waals surface area contributed by atoms with Crippen molar-refractivity contribution < 1.29 is 13.2 Å². The molecule has 3 aromatic rings. The van der Waals surface area contributed by atoms with Gasteiger partial charge < -0.3 is 5.32 Å². The summed E-state index contributed by atoms with van der Waals surface area (Å²) < 4.78 is 28.6. The highest BCUT2D eigenvalue weighted by Crippen LogP contribution is 2.30. The Morgan fingerprint density at radius 2 is 1.79 bits per heavy atom. The van der Waals surface area contributed by atoms with Crippen molar-refractivity contribution in [3.05, 3.63) is 82.7 Å². The molecule has 0 unspecified atom stereocenters. The van der Waals surface area contributed by atoms with E-state index in [-0.39, 0.29) is 16.7 Å². The Morgan fingerprint density at radius 3 is 2.46 bits per heavy atom. The van der Waals surface area contributed by atoms with Crippen LogP contribution < -0.4 is 9.62 Å². The summed E-state index contributed by atoms with van der Waals surface area (Å²) in [7, 11) is -3.75. The van der Waals surface area contributed by atoms with Gasteiger partial charge in [-0.15, -0.1) is 11.3 Å². The number of carbonyl (C=O) groups excluding carboxylic acids is 1. The van der Waals surface area contributed by atoms with Crippen molar-refractivity contribution in [2.24, 2.45) is 0 Å². The number of aryl methyl sites for hydroxylation is 1. The molecule has 7 heteroatoms. The minimum Gasteiger partial charge on any atom is -0.351 e. The summed E-state index contributed by atoms with van der Waals surface area (Å²) >= 11 is 1.18. The first-order valence-corrected chi connectivity index (χ1v) is 11.1. The summed E-state index contributed by atoms with van der Waals surface area (Å²) in [6.07, 6.45) is 0. The first kappa shape index (κ1) is 20.1. The molecule has 0 aliphatic carbocycles. The Labute approximate surface area is 169 Å². The van der Waals surface area contributed by atoms with E-state index in [0.717, 1.165) is 16.0 Å². The van der Waals surface area contributed by atoms with Crippen molar-refractivity contribution in [2.45, 2.75) is 31.1 Å². The van der Waals surface area contributed by atoms with Gasteiger partial charge in [0.1, 0.15) is 4.21 Å². The molecule has 1 amide bonds. The normalized spacial score (nSPS) is 11.2. The topological polar surface area (TPSA) is 66.5 Å². The second kappa shape index (κ2) is 8.58. The lowest BCUT2D eigenvalue weighted by atomic mass is 10.2. The van der Waals surface area contributed by atoms with Crippen LogP contribution in [0.1, 0.15) is 22.9 Å². The van der Waals surface area contributed by atoms with Crippen LogP contribution in [0, 0.1) is 6.92 Å². The van der Waals surface area contributed by atoms with E-state index < -0.39 is 10.0 Å². The van der Waals surface area contributed by atoms with E-state index in [9.17, 15) is 13.2 Å². The number of hydrogen-bond donors (Lipinski definition) is 1. The lowest BCUT2D eigenvalue weighted by Gasteiger charge is -2.24. The molecule has 0 spiro atoms. The van der Waals surface area contributed by atoms with E-state index in [0.29, 0.717) is 12.2 Å². The predicted octanol–water partition coefficient (Wildman–Crippen LogP) is 4.09. The molecule has 146 valence electrons. The fourth-order valence-corrected chi connectivity index (χ4v) is 5.61. The maximum atomic E-state index is 13.4. The van der Waals surface area contributed by atoms with Gasteiger partial charge >= 0.3 is 0 Å². The van der Waals surface area contributed by atoms with Crippen molar-refractivity contribution in [3.63, 3.8) is 0 Å². The van der Waals surface area contributed by atoms with Crippen molar-refractivity contribution >= 4 is 33.0 Å². The molecule has 0 aliphatic heterocycles. The standard InChI is InChI=1S/C21H22N2O3S2/c1-16-7-6-10-19(13-16)23(15-18-8-4-3-5-9-18)28(25,26)21-12-11-20(27-21)14-22-17(2)24/h3-13H,14-15H2,1-2H3,(H,22,24). The number of hydrogen-bond acceptors (Lipinski definition) is 4. The lowest BCUT2D eigenvalue weighted by molar-refractivity contribution is -0.119. The molecule has 0 fully saturated rings. The van der Waals surface area contributed by atoms with Gasteiger partial charge in [0, 0.05) is 11.8 Å². The van der Waals surface area contributed by atoms with E-state index in [2.05, 4.69) is 5.32 Å². The first-order chi connectivity index (χ1) is 13.4.